The van der Waals surface area contributed by atoms with Crippen molar-refractivity contribution in [3.05, 3.63) is 64.1 Å². The molecule has 1 amide bonds. The fourth-order valence-corrected chi connectivity index (χ4v) is 2.54. The fraction of sp³-hybridized carbons (Fsp3) is 0.158. The highest BCUT2D eigenvalue weighted by molar-refractivity contribution is 9.10. The smallest absolute Gasteiger partial charge is 0.387 e. The quantitative estimate of drug-likeness (QED) is 0.507. The summed E-state index contributed by atoms with van der Waals surface area (Å²) in [4.78, 5) is 23.5. The van der Waals surface area contributed by atoms with Crippen molar-refractivity contribution in [2.45, 2.75) is 13.5 Å². The molecular weight excluding hydrogens is 424 g/mol. The van der Waals surface area contributed by atoms with E-state index in [2.05, 4.69) is 26.0 Å². The standard InChI is InChI=1S/C19H16BrF2NO4/c1-12-10-14(20)5-8-16(12)23-17(24)11-26-18(25)9-4-13-2-6-15(7-3-13)27-19(21)22/h2-10,19H,11H2,1H3,(H,23,24)/b9-4+. The highest BCUT2D eigenvalue weighted by atomic mass is 79.9. The van der Waals surface area contributed by atoms with Crippen LogP contribution < -0.4 is 10.1 Å². The van der Waals surface area contributed by atoms with Gasteiger partial charge in [0.2, 0.25) is 0 Å². The van der Waals surface area contributed by atoms with Crippen molar-refractivity contribution in [1.82, 2.24) is 0 Å². The molecule has 0 fully saturated rings. The molecule has 0 spiro atoms. The fourth-order valence-electron chi connectivity index (χ4n) is 2.06. The molecule has 0 saturated heterocycles. The van der Waals surface area contributed by atoms with Gasteiger partial charge in [-0.25, -0.2) is 4.79 Å². The Bertz CT molecular complexity index is 838. The Morgan fingerprint density at radius 2 is 1.89 bits per heavy atom. The van der Waals surface area contributed by atoms with Gasteiger partial charge in [0.15, 0.2) is 6.61 Å². The summed E-state index contributed by atoms with van der Waals surface area (Å²) in [5.41, 5.74) is 2.08. The van der Waals surface area contributed by atoms with Gasteiger partial charge in [0.1, 0.15) is 5.75 Å². The number of carbonyl (C=O) groups excluding carboxylic acids is 2. The molecule has 2 aromatic rings. The molecule has 2 rings (SSSR count). The molecule has 0 radical (unpaired) electrons. The molecular formula is C19H16BrF2NO4. The van der Waals surface area contributed by atoms with Crippen molar-refractivity contribution in [2.75, 3.05) is 11.9 Å². The van der Waals surface area contributed by atoms with Gasteiger partial charge in [-0.3, -0.25) is 4.79 Å². The van der Waals surface area contributed by atoms with Crippen LogP contribution in [0.5, 0.6) is 5.75 Å². The van der Waals surface area contributed by atoms with E-state index in [4.69, 9.17) is 4.74 Å². The maximum absolute atomic E-state index is 12.1. The molecule has 0 aliphatic heterocycles. The van der Waals surface area contributed by atoms with E-state index in [9.17, 15) is 18.4 Å². The normalized spacial score (nSPS) is 10.9. The minimum Gasteiger partial charge on any atom is -0.452 e. The number of rotatable bonds is 7. The molecule has 8 heteroatoms. The first-order chi connectivity index (χ1) is 12.8. The Labute approximate surface area is 163 Å². The number of ether oxygens (including phenoxy) is 2. The van der Waals surface area contributed by atoms with E-state index >= 15 is 0 Å². The van der Waals surface area contributed by atoms with Gasteiger partial charge in [0, 0.05) is 16.2 Å². The highest BCUT2D eigenvalue weighted by Gasteiger charge is 2.08. The van der Waals surface area contributed by atoms with Gasteiger partial charge in [0.05, 0.1) is 0 Å². The van der Waals surface area contributed by atoms with Crippen molar-refractivity contribution in [3.8, 4) is 5.75 Å². The van der Waals surface area contributed by atoms with E-state index in [-0.39, 0.29) is 5.75 Å². The van der Waals surface area contributed by atoms with Crippen molar-refractivity contribution < 1.29 is 27.8 Å². The zero-order valence-corrected chi connectivity index (χ0v) is 15.8. The molecule has 0 unspecified atom stereocenters. The largest absolute Gasteiger partial charge is 0.452 e. The summed E-state index contributed by atoms with van der Waals surface area (Å²) >= 11 is 3.33. The Morgan fingerprint density at radius 1 is 1.19 bits per heavy atom. The van der Waals surface area contributed by atoms with Crippen LogP contribution in [0.3, 0.4) is 0 Å². The lowest BCUT2D eigenvalue weighted by molar-refractivity contribution is -0.142. The summed E-state index contributed by atoms with van der Waals surface area (Å²) in [5, 5.41) is 2.65. The van der Waals surface area contributed by atoms with Crippen molar-refractivity contribution in [3.63, 3.8) is 0 Å². The third-order valence-corrected chi connectivity index (χ3v) is 3.82. The van der Waals surface area contributed by atoms with Gasteiger partial charge in [0.25, 0.3) is 5.91 Å². The first-order valence-electron chi connectivity index (χ1n) is 7.79. The third kappa shape index (κ3) is 7.18. The summed E-state index contributed by atoms with van der Waals surface area (Å²) in [6.07, 6.45) is 2.58. The molecule has 0 aliphatic rings. The van der Waals surface area contributed by atoms with E-state index in [0.717, 1.165) is 16.1 Å². The number of amides is 1. The van der Waals surface area contributed by atoms with Crippen LogP contribution in [0.2, 0.25) is 0 Å². The van der Waals surface area contributed by atoms with Gasteiger partial charge < -0.3 is 14.8 Å². The van der Waals surface area contributed by atoms with Crippen molar-refractivity contribution in [1.29, 1.82) is 0 Å². The van der Waals surface area contributed by atoms with Crippen LogP contribution in [-0.2, 0) is 14.3 Å². The minimum atomic E-state index is -2.89. The van der Waals surface area contributed by atoms with Crippen LogP contribution in [-0.4, -0.2) is 25.1 Å². The molecule has 0 saturated carbocycles. The Morgan fingerprint density at radius 3 is 2.52 bits per heavy atom. The average molecular weight is 440 g/mol. The number of nitrogens with one attached hydrogen (secondary N) is 1. The highest BCUT2D eigenvalue weighted by Crippen LogP contribution is 2.20. The van der Waals surface area contributed by atoms with Gasteiger partial charge in [-0.05, 0) is 54.5 Å². The average Bonchev–Trinajstić information content (AvgIpc) is 2.61. The second kappa shape index (κ2) is 9.82. The predicted octanol–water partition coefficient (Wildman–Crippen LogP) is 4.55. The van der Waals surface area contributed by atoms with Gasteiger partial charge >= 0.3 is 12.6 Å². The van der Waals surface area contributed by atoms with Crippen molar-refractivity contribution >= 4 is 39.6 Å². The molecule has 5 nitrogen and oxygen atoms in total. The monoisotopic (exact) mass is 439 g/mol. The molecule has 0 aromatic heterocycles. The van der Waals surface area contributed by atoms with Crippen LogP contribution in [0.25, 0.3) is 6.08 Å². The number of aryl methyl sites for hydroxylation is 1. The van der Waals surface area contributed by atoms with E-state index in [0.29, 0.717) is 11.3 Å². The van der Waals surface area contributed by atoms with E-state index in [1.54, 1.807) is 12.1 Å². The summed E-state index contributed by atoms with van der Waals surface area (Å²) < 4.78 is 34.1. The second-order valence-electron chi connectivity index (χ2n) is 5.40. The zero-order valence-electron chi connectivity index (χ0n) is 14.2. The van der Waals surface area contributed by atoms with E-state index in [1.807, 2.05) is 13.0 Å². The number of alkyl halides is 2. The van der Waals surface area contributed by atoms with E-state index in [1.165, 1.54) is 30.3 Å². The van der Waals surface area contributed by atoms with Gasteiger partial charge in [-0.2, -0.15) is 8.78 Å². The van der Waals surface area contributed by atoms with Crippen LogP contribution >= 0.6 is 15.9 Å². The maximum Gasteiger partial charge on any atom is 0.387 e. The number of hydrogen-bond acceptors (Lipinski definition) is 4. The lowest BCUT2D eigenvalue weighted by Crippen LogP contribution is -2.20. The van der Waals surface area contributed by atoms with Gasteiger partial charge in [-0.1, -0.05) is 28.1 Å². The number of halogens is 3. The second-order valence-corrected chi connectivity index (χ2v) is 6.31. The molecule has 0 bridgehead atoms. The summed E-state index contributed by atoms with van der Waals surface area (Å²) in [6.45, 7) is -1.49. The first kappa shape index (κ1) is 20.6. The molecule has 0 heterocycles. The number of esters is 1. The van der Waals surface area contributed by atoms with E-state index < -0.39 is 25.1 Å². The van der Waals surface area contributed by atoms with Crippen LogP contribution in [0.15, 0.2) is 53.0 Å². The van der Waals surface area contributed by atoms with Crippen LogP contribution in [0, 0.1) is 6.92 Å². The number of benzene rings is 2. The molecule has 142 valence electrons. The first-order valence-corrected chi connectivity index (χ1v) is 8.58. The Balaban J connectivity index is 1.81. The zero-order chi connectivity index (χ0) is 19.8. The Hall–Kier alpha value is -2.74. The minimum absolute atomic E-state index is 0.0182. The topological polar surface area (TPSA) is 64.6 Å². The molecule has 27 heavy (non-hydrogen) atoms. The predicted molar refractivity (Wildman–Crippen MR) is 101 cm³/mol. The SMILES string of the molecule is Cc1cc(Br)ccc1NC(=O)COC(=O)/C=C/c1ccc(OC(F)F)cc1. The Kier molecular flexibility index (Phi) is 7.48. The maximum atomic E-state index is 12.1. The summed E-state index contributed by atoms with van der Waals surface area (Å²) in [7, 11) is 0. The van der Waals surface area contributed by atoms with Crippen LogP contribution in [0.4, 0.5) is 14.5 Å². The number of anilines is 1. The summed E-state index contributed by atoms with van der Waals surface area (Å²) in [5.74, 6) is -1.15. The van der Waals surface area contributed by atoms with Crippen molar-refractivity contribution in [2.24, 2.45) is 0 Å². The number of carbonyl (C=O) groups is 2. The van der Waals surface area contributed by atoms with Crippen LogP contribution in [0.1, 0.15) is 11.1 Å². The number of hydrogen-bond donors (Lipinski definition) is 1. The molecule has 2 aromatic carbocycles. The molecule has 0 aliphatic carbocycles. The molecule has 0 atom stereocenters. The van der Waals surface area contributed by atoms with Gasteiger partial charge in [-0.15, -0.1) is 0 Å². The molecule has 1 N–H and O–H groups in total. The lowest BCUT2D eigenvalue weighted by atomic mass is 10.2. The third-order valence-electron chi connectivity index (χ3n) is 3.33. The lowest BCUT2D eigenvalue weighted by Gasteiger charge is -2.08. The summed E-state index contributed by atoms with van der Waals surface area (Å²) in [6, 6.07) is 11.1.